The average molecular weight is 741 g/mol. The third kappa shape index (κ3) is 8.18. The summed E-state index contributed by atoms with van der Waals surface area (Å²) in [4.78, 5) is 48.6. The average Bonchev–Trinajstić information content (AvgIpc) is 3.28. The summed E-state index contributed by atoms with van der Waals surface area (Å²) >= 11 is 3.41. The van der Waals surface area contributed by atoms with E-state index in [1.54, 1.807) is 17.9 Å². The molecule has 0 spiro atoms. The monoisotopic (exact) mass is 739 g/mol. The maximum absolute atomic E-state index is 14.1. The zero-order valence-corrected chi connectivity index (χ0v) is 30.3. The van der Waals surface area contributed by atoms with Crippen LogP contribution in [-0.2, 0) is 22.4 Å². The van der Waals surface area contributed by atoms with Crippen LogP contribution in [0.15, 0.2) is 40.9 Å². The summed E-state index contributed by atoms with van der Waals surface area (Å²) in [6.45, 7) is 8.21. The van der Waals surface area contributed by atoms with Crippen LogP contribution in [0.2, 0.25) is 0 Å². The lowest BCUT2D eigenvalue weighted by Crippen LogP contribution is -2.54. The Labute approximate surface area is 297 Å². The van der Waals surface area contributed by atoms with Gasteiger partial charge in [0.2, 0.25) is 0 Å². The molecule has 3 saturated heterocycles. The molecular formula is C37H50BrN5O6. The quantitative estimate of drug-likeness (QED) is 0.352. The van der Waals surface area contributed by atoms with Gasteiger partial charge >= 0.3 is 12.1 Å². The van der Waals surface area contributed by atoms with Gasteiger partial charge in [0.1, 0.15) is 5.75 Å². The number of benzene rings is 2. The molecule has 6 rings (SSSR count). The summed E-state index contributed by atoms with van der Waals surface area (Å²) in [5.74, 6) is -0.0611. The fourth-order valence-electron chi connectivity index (χ4n) is 7.93. The van der Waals surface area contributed by atoms with Crippen molar-refractivity contribution in [2.24, 2.45) is 0 Å². The first kappa shape index (κ1) is 35.5. The van der Waals surface area contributed by atoms with Crippen LogP contribution in [0.1, 0.15) is 68.6 Å². The Morgan fingerprint density at radius 2 is 1.63 bits per heavy atom. The number of aliphatic hydroxyl groups is 1. The largest absolute Gasteiger partial charge is 0.506 e. The van der Waals surface area contributed by atoms with Crippen molar-refractivity contribution in [1.29, 1.82) is 0 Å². The second-order valence-electron chi connectivity index (χ2n) is 14.2. The van der Waals surface area contributed by atoms with Crippen molar-refractivity contribution in [2.75, 3.05) is 51.1 Å². The molecule has 49 heavy (non-hydrogen) atoms. The van der Waals surface area contributed by atoms with Crippen LogP contribution in [0.25, 0.3) is 0 Å². The zero-order chi connectivity index (χ0) is 34.7. The zero-order valence-electron chi connectivity index (χ0n) is 28.7. The van der Waals surface area contributed by atoms with Crippen LogP contribution in [0.4, 0.5) is 15.3 Å². The van der Waals surface area contributed by atoms with Crippen molar-refractivity contribution in [2.45, 2.75) is 95.4 Å². The first-order valence-corrected chi connectivity index (χ1v) is 18.7. The molecule has 3 N–H and O–H groups in total. The lowest BCUT2D eigenvalue weighted by atomic mass is 9.87. The van der Waals surface area contributed by atoms with Gasteiger partial charge in [-0.25, -0.2) is 9.59 Å². The highest BCUT2D eigenvalue weighted by atomic mass is 79.9. The van der Waals surface area contributed by atoms with Crippen LogP contribution >= 0.6 is 15.9 Å². The molecule has 3 fully saturated rings. The van der Waals surface area contributed by atoms with Crippen molar-refractivity contribution in [1.82, 2.24) is 19.6 Å². The topological polar surface area (TPSA) is 126 Å². The minimum Gasteiger partial charge on any atom is -0.506 e. The molecule has 1 atom stereocenters. The lowest BCUT2D eigenvalue weighted by molar-refractivity contribution is -0.142. The Morgan fingerprint density at radius 3 is 2.31 bits per heavy atom. The van der Waals surface area contributed by atoms with Crippen LogP contribution in [-0.4, -0.2) is 117 Å². The number of carbonyl (C=O) groups excluding carboxylic acids is 3. The molecule has 266 valence electrons. The van der Waals surface area contributed by atoms with E-state index in [1.807, 2.05) is 47.1 Å². The minimum atomic E-state index is -1.01. The molecule has 4 aliphatic heterocycles. The van der Waals surface area contributed by atoms with Crippen LogP contribution in [0.3, 0.4) is 0 Å². The van der Waals surface area contributed by atoms with Gasteiger partial charge in [-0.1, -0.05) is 31.2 Å². The number of aryl methyl sites for hydroxylation is 1. The number of halogens is 1. The number of fused-ring (bicyclic) bond motifs is 1. The lowest BCUT2D eigenvalue weighted by Gasteiger charge is -2.44. The van der Waals surface area contributed by atoms with Crippen molar-refractivity contribution in [3.05, 3.63) is 57.6 Å². The third-order valence-electron chi connectivity index (χ3n) is 11.2. The van der Waals surface area contributed by atoms with E-state index >= 15 is 0 Å². The Morgan fingerprint density at radius 1 is 0.980 bits per heavy atom. The van der Waals surface area contributed by atoms with Gasteiger partial charge in [0.15, 0.2) is 6.10 Å². The van der Waals surface area contributed by atoms with E-state index in [-0.39, 0.29) is 30.2 Å². The Kier molecular flexibility index (Phi) is 11.1. The number of phenols is 1. The van der Waals surface area contributed by atoms with Crippen molar-refractivity contribution in [3.8, 4) is 5.75 Å². The second kappa shape index (κ2) is 15.3. The highest BCUT2D eigenvalue weighted by molar-refractivity contribution is 9.10. The SMILES string of the molecule is CCC1(O)CCN(C2CCN(C(=O)[C@@H](Cc3cc(C)c(O)c(Br)c3)OC(=O)N3CCC(N4CCc5ccccc5NC4=O)CC3)CC2)CC1. The van der Waals surface area contributed by atoms with E-state index in [0.29, 0.717) is 61.6 Å². The fraction of sp³-hybridized carbons (Fsp3) is 0.595. The van der Waals surface area contributed by atoms with Gasteiger partial charge in [0.25, 0.3) is 5.91 Å². The summed E-state index contributed by atoms with van der Waals surface area (Å²) in [5.41, 5.74) is 2.86. The summed E-state index contributed by atoms with van der Waals surface area (Å²) < 4.78 is 6.58. The van der Waals surface area contributed by atoms with E-state index in [0.717, 1.165) is 68.4 Å². The van der Waals surface area contributed by atoms with Crippen LogP contribution in [0.5, 0.6) is 5.75 Å². The summed E-state index contributed by atoms with van der Waals surface area (Å²) in [5, 5.41) is 24.0. The number of rotatable bonds is 7. The summed E-state index contributed by atoms with van der Waals surface area (Å²) in [6.07, 6.45) is 4.68. The number of likely N-dealkylation sites (tertiary alicyclic amines) is 3. The predicted octanol–water partition coefficient (Wildman–Crippen LogP) is 5.29. The van der Waals surface area contributed by atoms with Gasteiger partial charge < -0.3 is 39.9 Å². The molecule has 4 heterocycles. The van der Waals surface area contributed by atoms with E-state index in [2.05, 4.69) is 26.1 Å². The number of nitrogens with one attached hydrogen (secondary N) is 1. The van der Waals surface area contributed by atoms with Gasteiger partial charge in [0, 0.05) is 70.0 Å². The first-order valence-electron chi connectivity index (χ1n) is 17.9. The maximum atomic E-state index is 14.1. The maximum Gasteiger partial charge on any atom is 0.410 e. The molecular weight excluding hydrogens is 690 g/mol. The molecule has 2 aromatic rings. The van der Waals surface area contributed by atoms with Gasteiger partial charge in [-0.05, 0) is 103 Å². The highest BCUT2D eigenvalue weighted by Gasteiger charge is 2.38. The van der Waals surface area contributed by atoms with Gasteiger partial charge in [-0.3, -0.25) is 4.79 Å². The molecule has 0 unspecified atom stereocenters. The van der Waals surface area contributed by atoms with E-state index in [9.17, 15) is 24.6 Å². The molecule has 0 bridgehead atoms. The number of hydrogen-bond donors (Lipinski definition) is 3. The number of anilines is 1. The minimum absolute atomic E-state index is 0.00471. The molecule has 0 aromatic heterocycles. The number of carbonyl (C=O) groups is 3. The number of phenolic OH excluding ortho intramolecular Hbond substituents is 1. The van der Waals surface area contributed by atoms with E-state index in [4.69, 9.17) is 4.74 Å². The van der Waals surface area contributed by atoms with Crippen LogP contribution < -0.4 is 5.32 Å². The van der Waals surface area contributed by atoms with Crippen molar-refractivity contribution in [3.63, 3.8) is 0 Å². The normalized spacial score (nSPS) is 21.5. The third-order valence-corrected chi connectivity index (χ3v) is 11.8. The Hall–Kier alpha value is -3.35. The number of amides is 4. The molecule has 0 aliphatic carbocycles. The van der Waals surface area contributed by atoms with Crippen molar-refractivity contribution < 1.29 is 29.3 Å². The molecule has 12 heteroatoms. The second-order valence-corrected chi connectivity index (χ2v) is 15.1. The molecule has 0 saturated carbocycles. The number of para-hydroxylation sites is 1. The van der Waals surface area contributed by atoms with E-state index < -0.39 is 17.8 Å². The number of nitrogens with zero attached hydrogens (tertiary/aromatic N) is 4. The van der Waals surface area contributed by atoms with Crippen LogP contribution in [0, 0.1) is 6.92 Å². The molecule has 0 radical (unpaired) electrons. The number of hydrogen-bond acceptors (Lipinski definition) is 7. The van der Waals surface area contributed by atoms with Gasteiger partial charge in [-0.2, -0.15) is 0 Å². The molecule has 2 aromatic carbocycles. The Balaban J connectivity index is 1.07. The fourth-order valence-corrected chi connectivity index (χ4v) is 8.53. The Bertz CT molecular complexity index is 1490. The van der Waals surface area contributed by atoms with Gasteiger partial charge in [0.05, 0.1) is 10.1 Å². The first-order chi connectivity index (χ1) is 23.5. The highest BCUT2D eigenvalue weighted by Crippen LogP contribution is 2.32. The number of ether oxygens (including phenoxy) is 1. The summed E-state index contributed by atoms with van der Waals surface area (Å²) in [6, 6.07) is 11.7. The number of urea groups is 1. The van der Waals surface area contributed by atoms with E-state index in [1.165, 1.54) is 0 Å². The molecule has 4 amide bonds. The summed E-state index contributed by atoms with van der Waals surface area (Å²) in [7, 11) is 0. The smallest absolute Gasteiger partial charge is 0.410 e. The molecule has 11 nitrogen and oxygen atoms in total. The standard InChI is InChI=1S/C37H50BrN5O6/c1-3-37(48)13-20-40(21-14-37)28-9-15-41(16-10-28)34(45)32(24-26-22-25(2)33(44)30(38)23-26)49-36(47)42-17-11-29(12-18-42)43-19-8-27-6-4-5-7-31(27)39-35(43)46/h4-7,22-23,28-29,32,44,48H,3,8-21,24H2,1-2H3,(H,39,46)/t32-/m1/s1. The van der Waals surface area contributed by atoms with Crippen molar-refractivity contribution >= 4 is 39.6 Å². The molecule has 4 aliphatic rings. The number of aromatic hydroxyl groups is 1. The number of piperidine rings is 3. The predicted molar refractivity (Wildman–Crippen MR) is 191 cm³/mol. The van der Waals surface area contributed by atoms with Gasteiger partial charge in [-0.15, -0.1) is 0 Å².